The lowest BCUT2D eigenvalue weighted by molar-refractivity contribution is 0.101. The van der Waals surface area contributed by atoms with E-state index >= 15 is 0 Å². The number of Topliss-reactive ketones (excluding diaryl/α,β-unsaturated/α-hetero) is 2. The van der Waals surface area contributed by atoms with Gasteiger partial charge in [-0.3, -0.25) is 9.59 Å². The maximum atomic E-state index is 10.8. The highest BCUT2D eigenvalue weighted by Gasteiger charge is 2.08. The van der Waals surface area contributed by atoms with Crippen LogP contribution in [0.15, 0.2) is 210 Å². The normalized spacial score (nSPS) is 9.88. The van der Waals surface area contributed by atoms with Crippen molar-refractivity contribution in [3.8, 4) is 0 Å². The quantitative estimate of drug-likeness (QED) is 0.119. The van der Waals surface area contributed by atoms with Crippen molar-refractivity contribution in [2.24, 2.45) is 9.98 Å². The van der Waals surface area contributed by atoms with Gasteiger partial charge in [-0.15, -0.1) is 0 Å². The Hall–Kier alpha value is -6.85. The lowest BCUT2D eigenvalue weighted by Crippen LogP contribution is -2.02. The summed E-state index contributed by atoms with van der Waals surface area (Å²) in [5.41, 5.74) is 9.11. The first-order valence-corrected chi connectivity index (χ1v) is 17.0. The summed E-state index contributed by atoms with van der Waals surface area (Å²) in [7, 11) is 0. The van der Waals surface area contributed by atoms with Gasteiger partial charge in [0, 0.05) is 36.1 Å². The second kappa shape index (κ2) is 19.4. The van der Waals surface area contributed by atoms with Gasteiger partial charge < -0.3 is 0 Å². The van der Waals surface area contributed by atoms with Crippen LogP contribution in [0.3, 0.4) is 0 Å². The summed E-state index contributed by atoms with van der Waals surface area (Å²) in [5.74, 6) is -0.254. The van der Waals surface area contributed by atoms with Crippen molar-refractivity contribution in [3.63, 3.8) is 0 Å². The Morgan fingerprint density at radius 3 is 0.846 bits per heavy atom. The Morgan fingerprint density at radius 2 is 0.596 bits per heavy atom. The summed E-state index contributed by atoms with van der Waals surface area (Å²) in [6.07, 6.45) is 0. The first-order chi connectivity index (χ1) is 25.5. The molecule has 6 aromatic carbocycles. The van der Waals surface area contributed by atoms with Crippen LogP contribution < -0.4 is 0 Å². The van der Waals surface area contributed by atoms with Crippen molar-refractivity contribution < 1.29 is 9.59 Å². The van der Waals surface area contributed by atoms with Crippen molar-refractivity contribution in [1.29, 1.82) is 0 Å². The molecular formula is C47H39N3O2. The van der Waals surface area contributed by atoms with Crippen LogP contribution in [0.2, 0.25) is 0 Å². The van der Waals surface area contributed by atoms with Crippen LogP contribution in [0.25, 0.3) is 0 Å². The maximum absolute atomic E-state index is 10.8. The molecule has 5 nitrogen and oxygen atoms in total. The fourth-order valence-electron chi connectivity index (χ4n) is 5.07. The lowest BCUT2D eigenvalue weighted by Gasteiger charge is -2.07. The number of aromatic nitrogens is 1. The number of benzene rings is 6. The second-order valence-electron chi connectivity index (χ2n) is 11.6. The summed E-state index contributed by atoms with van der Waals surface area (Å²) in [6.45, 7) is 2.85. The number of hydrogen-bond acceptors (Lipinski definition) is 5. The molecule has 0 amide bonds. The van der Waals surface area contributed by atoms with Crippen molar-refractivity contribution in [2.45, 2.75) is 13.8 Å². The fourth-order valence-corrected chi connectivity index (χ4v) is 5.07. The Bertz CT molecular complexity index is 1960. The summed E-state index contributed by atoms with van der Waals surface area (Å²) in [4.78, 5) is 35.2. The molecule has 7 rings (SSSR count). The Labute approximate surface area is 305 Å². The van der Waals surface area contributed by atoms with Crippen molar-refractivity contribution >= 4 is 34.4 Å². The molecule has 0 bridgehead atoms. The highest BCUT2D eigenvalue weighted by molar-refractivity contribution is 6.14. The number of para-hydroxylation sites is 2. The van der Waals surface area contributed by atoms with Gasteiger partial charge in [-0.05, 0) is 36.4 Å². The molecule has 0 radical (unpaired) electrons. The van der Waals surface area contributed by atoms with Gasteiger partial charge in [-0.2, -0.15) is 0 Å². The SMILES string of the molecule is CC(=O)c1cccc(C(C)=O)n1.c1ccc(N=C(c2ccccc2)c2ccccc2)cc1.c1ccc(N=C(c2ccccc2)c2ccccc2)cc1. The zero-order chi connectivity index (χ0) is 36.4. The standard InChI is InChI=1S/2C19H15N.C9H9NO2/c2*1-4-10-16(11-5-1)19(17-12-6-2-7-13-17)20-18-14-8-3-9-15-18;1-6(11)8-4-3-5-9(10-8)7(2)12/h2*1-15H;3-5H,1-2H3. The number of aliphatic imine (C=N–C) groups is 2. The summed E-state index contributed by atoms with van der Waals surface area (Å²) in [6, 6.07) is 66.1. The Morgan fingerprint density at radius 1 is 0.346 bits per heavy atom. The number of ketones is 2. The van der Waals surface area contributed by atoms with E-state index in [1.54, 1.807) is 18.2 Å². The van der Waals surface area contributed by atoms with Gasteiger partial charge in [-0.1, -0.05) is 164 Å². The molecule has 0 aliphatic heterocycles. The summed E-state index contributed by atoms with van der Waals surface area (Å²) in [5, 5.41) is 0. The molecule has 0 spiro atoms. The molecule has 0 aliphatic carbocycles. The monoisotopic (exact) mass is 677 g/mol. The van der Waals surface area contributed by atoms with E-state index in [0.717, 1.165) is 45.1 Å². The molecule has 0 saturated heterocycles. The minimum absolute atomic E-state index is 0.127. The van der Waals surface area contributed by atoms with Gasteiger partial charge in [0.25, 0.3) is 0 Å². The van der Waals surface area contributed by atoms with E-state index in [-0.39, 0.29) is 11.6 Å². The van der Waals surface area contributed by atoms with Gasteiger partial charge in [-0.25, -0.2) is 15.0 Å². The number of carbonyl (C=O) groups excluding carboxylic acids is 2. The molecule has 52 heavy (non-hydrogen) atoms. The predicted octanol–water partition coefficient (Wildman–Crippen LogP) is 11.2. The van der Waals surface area contributed by atoms with E-state index in [1.165, 1.54) is 13.8 Å². The number of nitrogens with zero attached hydrogens (tertiary/aromatic N) is 3. The molecular weight excluding hydrogens is 639 g/mol. The number of carbonyl (C=O) groups is 2. The number of pyridine rings is 1. The number of rotatable bonds is 8. The zero-order valence-electron chi connectivity index (χ0n) is 29.2. The third-order valence-electron chi connectivity index (χ3n) is 7.65. The van der Waals surface area contributed by atoms with Crippen molar-refractivity contribution in [1.82, 2.24) is 4.98 Å². The van der Waals surface area contributed by atoms with E-state index in [1.807, 2.05) is 133 Å². The number of hydrogen-bond donors (Lipinski definition) is 0. The van der Waals surface area contributed by atoms with Crippen LogP contribution in [-0.2, 0) is 0 Å². The lowest BCUT2D eigenvalue weighted by atomic mass is 10.0. The third-order valence-corrected chi connectivity index (χ3v) is 7.65. The topological polar surface area (TPSA) is 71.8 Å². The molecule has 5 heteroatoms. The molecule has 0 atom stereocenters. The minimum Gasteiger partial charge on any atom is -0.293 e. The van der Waals surface area contributed by atoms with Gasteiger partial charge in [0.05, 0.1) is 22.8 Å². The van der Waals surface area contributed by atoms with Crippen LogP contribution >= 0.6 is 0 Å². The predicted molar refractivity (Wildman–Crippen MR) is 213 cm³/mol. The van der Waals surface area contributed by atoms with Gasteiger partial charge in [0.15, 0.2) is 11.6 Å². The molecule has 0 fully saturated rings. The van der Waals surface area contributed by atoms with Gasteiger partial charge >= 0.3 is 0 Å². The smallest absolute Gasteiger partial charge is 0.178 e. The van der Waals surface area contributed by atoms with Crippen LogP contribution in [0, 0.1) is 0 Å². The molecule has 0 N–H and O–H groups in total. The summed E-state index contributed by atoms with van der Waals surface area (Å²) < 4.78 is 0. The van der Waals surface area contributed by atoms with E-state index < -0.39 is 0 Å². The highest BCUT2D eigenvalue weighted by atomic mass is 16.1. The van der Waals surface area contributed by atoms with Crippen molar-refractivity contribution in [2.75, 3.05) is 0 Å². The van der Waals surface area contributed by atoms with Crippen LogP contribution in [0.5, 0.6) is 0 Å². The molecule has 0 unspecified atom stereocenters. The molecule has 1 aromatic heterocycles. The first kappa shape index (κ1) is 36.4. The molecule has 0 saturated carbocycles. The van der Waals surface area contributed by atoms with Crippen LogP contribution in [0.1, 0.15) is 57.1 Å². The zero-order valence-corrected chi connectivity index (χ0v) is 29.2. The van der Waals surface area contributed by atoms with Gasteiger partial charge in [0.1, 0.15) is 11.4 Å². The van der Waals surface area contributed by atoms with Gasteiger partial charge in [0.2, 0.25) is 0 Å². The second-order valence-corrected chi connectivity index (χ2v) is 11.6. The summed E-state index contributed by atoms with van der Waals surface area (Å²) >= 11 is 0. The third kappa shape index (κ3) is 11.1. The molecule has 1 heterocycles. The van der Waals surface area contributed by atoms with Crippen molar-refractivity contribution in [3.05, 3.63) is 234 Å². The van der Waals surface area contributed by atoms with E-state index in [9.17, 15) is 9.59 Å². The minimum atomic E-state index is -0.127. The van der Waals surface area contributed by atoms with Crippen LogP contribution in [0.4, 0.5) is 11.4 Å². The molecule has 254 valence electrons. The molecule has 7 aromatic rings. The largest absolute Gasteiger partial charge is 0.293 e. The molecule has 0 aliphatic rings. The fraction of sp³-hybridized carbons (Fsp3) is 0.0426. The average Bonchev–Trinajstić information content (AvgIpc) is 3.21. The first-order valence-electron chi connectivity index (χ1n) is 17.0. The van der Waals surface area contributed by atoms with E-state index in [0.29, 0.717) is 11.4 Å². The average molecular weight is 678 g/mol. The van der Waals surface area contributed by atoms with Crippen LogP contribution in [-0.4, -0.2) is 28.0 Å². The highest BCUT2D eigenvalue weighted by Crippen LogP contribution is 2.19. The van der Waals surface area contributed by atoms with E-state index in [4.69, 9.17) is 9.98 Å². The Kier molecular flexibility index (Phi) is 13.6. The van der Waals surface area contributed by atoms with E-state index in [2.05, 4.69) is 53.5 Å². The maximum Gasteiger partial charge on any atom is 0.178 e. The Balaban J connectivity index is 0.000000156.